The second kappa shape index (κ2) is 9.89. The van der Waals surface area contributed by atoms with Crippen LogP contribution in [0.4, 0.5) is 23.4 Å². The number of phenols is 1. The van der Waals surface area contributed by atoms with E-state index in [9.17, 15) is 18.3 Å². The van der Waals surface area contributed by atoms with E-state index >= 15 is 4.39 Å². The molecule has 0 aliphatic carbocycles. The maximum absolute atomic E-state index is 15.2. The molecule has 0 radical (unpaired) electrons. The summed E-state index contributed by atoms with van der Waals surface area (Å²) in [7, 11) is 0. The molecule has 4 nitrogen and oxygen atoms in total. The SMILES string of the molecule is CC(C)(C)c1cc(Sc2c(F)c(F)nc(N/N=C\c3cccc(F)c3)c2F)cc(C(C)(C)C)c1O. The van der Waals surface area contributed by atoms with Crippen molar-refractivity contribution in [2.24, 2.45) is 5.10 Å². The van der Waals surface area contributed by atoms with Crippen LogP contribution in [0.2, 0.25) is 0 Å². The minimum absolute atomic E-state index is 0.116. The van der Waals surface area contributed by atoms with Gasteiger partial charge in [0.05, 0.1) is 11.1 Å². The Balaban J connectivity index is 2.02. The highest BCUT2D eigenvalue weighted by Crippen LogP contribution is 2.44. The van der Waals surface area contributed by atoms with Gasteiger partial charge in [-0.25, -0.2) is 13.2 Å². The van der Waals surface area contributed by atoms with Crippen LogP contribution < -0.4 is 5.43 Å². The van der Waals surface area contributed by atoms with E-state index in [2.05, 4.69) is 15.5 Å². The number of anilines is 1. The van der Waals surface area contributed by atoms with E-state index in [0.717, 1.165) is 0 Å². The highest BCUT2D eigenvalue weighted by molar-refractivity contribution is 7.99. The zero-order valence-corrected chi connectivity index (χ0v) is 21.1. The molecule has 1 aromatic heterocycles. The fourth-order valence-corrected chi connectivity index (χ4v) is 4.29. The number of hydrazone groups is 1. The van der Waals surface area contributed by atoms with Crippen molar-refractivity contribution in [3.05, 3.63) is 76.5 Å². The van der Waals surface area contributed by atoms with E-state index in [0.29, 0.717) is 33.3 Å². The molecule has 9 heteroatoms. The standard InChI is InChI=1S/C26H27F4N3OS/c1-25(2,3)17-11-16(12-18(21(17)34)26(4,5)6)35-22-19(28)23(30)32-24(20(22)29)33-31-13-14-8-7-9-15(27)10-14/h7-13,34H,1-6H3,(H,32,33)/b31-13-. The third-order valence-corrected chi connectivity index (χ3v) is 6.18. The van der Waals surface area contributed by atoms with E-state index < -0.39 is 44.9 Å². The number of aromatic hydroxyl groups is 1. The van der Waals surface area contributed by atoms with Crippen molar-refractivity contribution in [1.29, 1.82) is 0 Å². The number of nitrogens with one attached hydrogen (secondary N) is 1. The third kappa shape index (κ3) is 6.14. The van der Waals surface area contributed by atoms with Crippen LogP contribution in [0.15, 0.2) is 51.3 Å². The van der Waals surface area contributed by atoms with E-state index in [-0.39, 0.29) is 5.75 Å². The van der Waals surface area contributed by atoms with Gasteiger partial charge in [-0.3, -0.25) is 5.43 Å². The second-order valence-corrected chi connectivity index (χ2v) is 11.2. The Morgan fingerprint density at radius 2 is 1.51 bits per heavy atom. The van der Waals surface area contributed by atoms with Crippen LogP contribution >= 0.6 is 11.8 Å². The quantitative estimate of drug-likeness (QED) is 0.163. The fraction of sp³-hybridized carbons (Fsp3) is 0.308. The summed E-state index contributed by atoms with van der Waals surface area (Å²) in [5, 5.41) is 14.6. The van der Waals surface area contributed by atoms with E-state index in [1.807, 2.05) is 41.5 Å². The summed E-state index contributed by atoms with van der Waals surface area (Å²) in [4.78, 5) is 3.10. The van der Waals surface area contributed by atoms with Crippen LogP contribution in [0, 0.1) is 23.4 Å². The van der Waals surface area contributed by atoms with Gasteiger partial charge in [0.15, 0.2) is 17.5 Å². The number of rotatable bonds is 5. The first kappa shape index (κ1) is 26.5. The molecule has 1 heterocycles. The summed E-state index contributed by atoms with van der Waals surface area (Å²) >= 11 is 0.688. The van der Waals surface area contributed by atoms with Gasteiger partial charge in [0, 0.05) is 16.0 Å². The second-order valence-electron chi connectivity index (χ2n) is 10.1. The van der Waals surface area contributed by atoms with Crippen LogP contribution in [0.25, 0.3) is 0 Å². The lowest BCUT2D eigenvalue weighted by atomic mass is 9.79. The fourth-order valence-electron chi connectivity index (χ4n) is 3.34. The smallest absolute Gasteiger partial charge is 0.252 e. The molecule has 0 aliphatic rings. The van der Waals surface area contributed by atoms with Crippen molar-refractivity contribution < 1.29 is 22.7 Å². The Bertz CT molecular complexity index is 1250. The number of hydrogen-bond acceptors (Lipinski definition) is 5. The van der Waals surface area contributed by atoms with Crippen molar-refractivity contribution in [3.63, 3.8) is 0 Å². The summed E-state index contributed by atoms with van der Waals surface area (Å²) in [5.41, 5.74) is 2.91. The summed E-state index contributed by atoms with van der Waals surface area (Å²) in [6.45, 7) is 11.5. The Morgan fingerprint density at radius 1 is 0.914 bits per heavy atom. The number of hydrogen-bond donors (Lipinski definition) is 2. The molecule has 0 atom stereocenters. The van der Waals surface area contributed by atoms with Gasteiger partial charge >= 0.3 is 0 Å². The minimum atomic E-state index is -1.50. The number of benzene rings is 2. The predicted molar refractivity (Wildman–Crippen MR) is 131 cm³/mol. The molecule has 0 unspecified atom stereocenters. The van der Waals surface area contributed by atoms with Gasteiger partial charge in [0.1, 0.15) is 11.6 Å². The number of nitrogens with zero attached hydrogens (tertiary/aromatic N) is 2. The van der Waals surface area contributed by atoms with Gasteiger partial charge in [-0.1, -0.05) is 65.4 Å². The zero-order chi connectivity index (χ0) is 26.1. The molecule has 0 saturated heterocycles. The Hall–Kier alpha value is -3.07. The van der Waals surface area contributed by atoms with Crippen molar-refractivity contribution >= 4 is 23.8 Å². The topological polar surface area (TPSA) is 57.5 Å². The summed E-state index contributed by atoms with van der Waals surface area (Å²) in [5.74, 6) is -5.05. The molecule has 2 aromatic carbocycles. The zero-order valence-electron chi connectivity index (χ0n) is 20.3. The average Bonchev–Trinajstić information content (AvgIpc) is 2.74. The lowest BCUT2D eigenvalue weighted by molar-refractivity contribution is 0.422. The van der Waals surface area contributed by atoms with Gasteiger partial charge in [-0.15, -0.1) is 0 Å². The first-order valence-corrected chi connectivity index (χ1v) is 11.6. The summed E-state index contributed by atoms with van der Waals surface area (Å²) in [6.07, 6.45) is 1.20. The maximum atomic E-state index is 15.2. The molecule has 2 N–H and O–H groups in total. The molecule has 0 bridgehead atoms. The molecule has 0 saturated carbocycles. The van der Waals surface area contributed by atoms with Crippen LogP contribution in [0.3, 0.4) is 0 Å². The number of phenolic OH excluding ortho intramolecular Hbond substituents is 1. The van der Waals surface area contributed by atoms with Crippen molar-refractivity contribution in [3.8, 4) is 5.75 Å². The molecule has 186 valence electrons. The molecular formula is C26H27F4N3OS. The third-order valence-electron chi connectivity index (χ3n) is 5.15. The first-order valence-electron chi connectivity index (χ1n) is 10.8. The number of pyridine rings is 1. The number of aromatic nitrogens is 1. The monoisotopic (exact) mass is 505 g/mol. The molecule has 0 aliphatic heterocycles. The normalized spacial score (nSPS) is 12.4. The van der Waals surface area contributed by atoms with Crippen molar-refractivity contribution in [2.45, 2.75) is 62.2 Å². The van der Waals surface area contributed by atoms with Gasteiger partial charge in [0.2, 0.25) is 0 Å². The average molecular weight is 506 g/mol. The Kier molecular flexibility index (Phi) is 7.50. The lowest BCUT2D eigenvalue weighted by Gasteiger charge is -2.28. The van der Waals surface area contributed by atoms with Gasteiger partial charge in [0.25, 0.3) is 5.95 Å². The highest BCUT2D eigenvalue weighted by atomic mass is 32.2. The molecule has 0 amide bonds. The van der Waals surface area contributed by atoms with Gasteiger partial charge < -0.3 is 5.11 Å². The molecule has 3 rings (SSSR count). The van der Waals surface area contributed by atoms with E-state index in [4.69, 9.17) is 0 Å². The Morgan fingerprint density at radius 3 is 2.06 bits per heavy atom. The minimum Gasteiger partial charge on any atom is -0.507 e. The Labute approximate surface area is 206 Å². The lowest BCUT2D eigenvalue weighted by Crippen LogP contribution is -2.17. The van der Waals surface area contributed by atoms with Gasteiger partial charge in [-0.2, -0.15) is 14.5 Å². The summed E-state index contributed by atoms with van der Waals surface area (Å²) in [6, 6.07) is 8.77. The molecular weight excluding hydrogens is 478 g/mol. The molecule has 35 heavy (non-hydrogen) atoms. The molecule has 0 fully saturated rings. The van der Waals surface area contributed by atoms with E-state index in [1.54, 1.807) is 18.2 Å². The van der Waals surface area contributed by atoms with Crippen molar-refractivity contribution in [2.75, 3.05) is 5.43 Å². The summed E-state index contributed by atoms with van der Waals surface area (Å²) < 4.78 is 57.4. The van der Waals surface area contributed by atoms with Gasteiger partial charge in [-0.05, 0) is 40.7 Å². The highest BCUT2D eigenvalue weighted by Gasteiger charge is 2.28. The molecule has 0 spiro atoms. The van der Waals surface area contributed by atoms with Crippen molar-refractivity contribution in [1.82, 2.24) is 4.98 Å². The maximum Gasteiger partial charge on any atom is 0.252 e. The van der Waals surface area contributed by atoms with Crippen LogP contribution in [-0.4, -0.2) is 16.3 Å². The molecule has 3 aromatic rings. The van der Waals surface area contributed by atoms with E-state index in [1.165, 1.54) is 24.4 Å². The number of halogens is 4. The first-order chi connectivity index (χ1) is 16.2. The van der Waals surface area contributed by atoms with Crippen LogP contribution in [-0.2, 0) is 10.8 Å². The largest absolute Gasteiger partial charge is 0.507 e. The predicted octanol–water partition coefficient (Wildman–Crippen LogP) is 7.54. The van der Waals surface area contributed by atoms with Crippen LogP contribution in [0.1, 0.15) is 58.2 Å². The van der Waals surface area contributed by atoms with Crippen LogP contribution in [0.5, 0.6) is 5.75 Å².